The highest BCUT2D eigenvalue weighted by Crippen LogP contribution is 2.44. The Kier molecular flexibility index (Phi) is 25.3. The average molecular weight is 712 g/mol. The highest BCUT2D eigenvalue weighted by Gasteiger charge is 2.28. The van der Waals surface area contributed by atoms with E-state index in [-0.39, 0.29) is 5.92 Å². The normalized spacial score (nSPS) is 12.3. The Morgan fingerprint density at radius 2 is 0.863 bits per heavy atom. The van der Waals surface area contributed by atoms with Crippen molar-refractivity contribution in [3.8, 4) is 11.1 Å². The first-order chi connectivity index (χ1) is 25.3. The minimum Gasteiger partial charge on any atom is -0.449 e. The molecule has 1 N–H and O–H groups in total. The molecular formula is C43H69NO7. The van der Waals surface area contributed by atoms with E-state index in [2.05, 4.69) is 36.5 Å². The van der Waals surface area contributed by atoms with E-state index in [1.165, 1.54) is 119 Å². The first kappa shape index (κ1) is 42.9. The minimum atomic E-state index is -0.434. The highest BCUT2D eigenvalue weighted by molar-refractivity contribution is 5.79. The predicted molar refractivity (Wildman–Crippen MR) is 207 cm³/mol. The van der Waals surface area contributed by atoms with E-state index >= 15 is 0 Å². The molecule has 0 atom stereocenters. The molecule has 0 saturated carbocycles. The van der Waals surface area contributed by atoms with Crippen LogP contribution < -0.4 is 5.32 Å². The number of hydrogen-bond donors (Lipinski definition) is 1. The summed E-state index contributed by atoms with van der Waals surface area (Å²) in [7, 11) is 0. The van der Waals surface area contributed by atoms with Crippen molar-refractivity contribution in [1.82, 2.24) is 5.32 Å². The van der Waals surface area contributed by atoms with Gasteiger partial charge in [-0.15, -0.1) is 0 Å². The molecule has 0 heterocycles. The maximum atomic E-state index is 12.2. The van der Waals surface area contributed by atoms with Crippen molar-refractivity contribution in [2.45, 2.75) is 116 Å². The van der Waals surface area contributed by atoms with Crippen molar-refractivity contribution in [3.05, 3.63) is 59.7 Å². The van der Waals surface area contributed by atoms with Crippen LogP contribution in [0, 0.1) is 0 Å². The smallest absolute Gasteiger partial charge is 0.407 e. The Morgan fingerprint density at radius 3 is 1.31 bits per heavy atom. The SMILES string of the molecule is CCCCCCCCCCCCCCCCCCOCCOCCOCCOCCOCCNC(=O)OCC1c2ccccc2-c2ccccc21. The molecule has 1 aliphatic rings. The van der Waals surface area contributed by atoms with Crippen molar-refractivity contribution in [1.29, 1.82) is 0 Å². The largest absolute Gasteiger partial charge is 0.449 e. The van der Waals surface area contributed by atoms with Crippen LogP contribution in [0.15, 0.2) is 48.5 Å². The van der Waals surface area contributed by atoms with Gasteiger partial charge in [0, 0.05) is 19.1 Å². The average Bonchev–Trinajstić information content (AvgIpc) is 3.48. The van der Waals surface area contributed by atoms with Gasteiger partial charge in [-0.25, -0.2) is 4.79 Å². The Hall–Kier alpha value is -2.49. The second kappa shape index (κ2) is 30.0. The fraction of sp³-hybridized carbons (Fsp3) is 0.698. The van der Waals surface area contributed by atoms with Crippen LogP contribution in [-0.2, 0) is 28.4 Å². The predicted octanol–water partition coefficient (Wildman–Crippen LogP) is 9.87. The third-order valence-corrected chi connectivity index (χ3v) is 9.49. The van der Waals surface area contributed by atoms with Crippen LogP contribution in [0.1, 0.15) is 127 Å². The summed E-state index contributed by atoms with van der Waals surface area (Å²) in [4.78, 5) is 12.2. The Morgan fingerprint density at radius 1 is 0.490 bits per heavy atom. The third-order valence-electron chi connectivity index (χ3n) is 9.49. The molecule has 0 bridgehead atoms. The van der Waals surface area contributed by atoms with Crippen molar-refractivity contribution in [2.24, 2.45) is 0 Å². The number of benzene rings is 2. The van der Waals surface area contributed by atoms with Gasteiger partial charge >= 0.3 is 6.09 Å². The number of rotatable bonds is 34. The molecule has 0 aliphatic heterocycles. The van der Waals surface area contributed by atoms with Gasteiger partial charge in [0.15, 0.2) is 0 Å². The van der Waals surface area contributed by atoms with Gasteiger partial charge in [0.05, 0.1) is 59.5 Å². The molecule has 0 saturated heterocycles. The molecular weight excluding hydrogens is 642 g/mol. The maximum Gasteiger partial charge on any atom is 0.407 e. The second-order valence-electron chi connectivity index (χ2n) is 13.6. The van der Waals surface area contributed by atoms with Gasteiger partial charge in [-0.1, -0.05) is 152 Å². The molecule has 2 aromatic rings. The number of fused-ring (bicyclic) bond motifs is 3. The van der Waals surface area contributed by atoms with E-state index in [0.29, 0.717) is 72.6 Å². The number of alkyl carbamates (subject to hydrolysis) is 1. The number of amides is 1. The molecule has 2 aromatic carbocycles. The summed E-state index contributed by atoms with van der Waals surface area (Å²) in [6.07, 6.45) is 21.7. The molecule has 0 unspecified atom stereocenters. The first-order valence-corrected chi connectivity index (χ1v) is 20.3. The van der Waals surface area contributed by atoms with Gasteiger partial charge in [0.25, 0.3) is 0 Å². The molecule has 0 spiro atoms. The van der Waals surface area contributed by atoms with E-state index in [9.17, 15) is 4.79 Å². The molecule has 8 heteroatoms. The topological polar surface area (TPSA) is 84.5 Å². The van der Waals surface area contributed by atoms with Gasteiger partial charge in [0.1, 0.15) is 6.61 Å². The van der Waals surface area contributed by atoms with Crippen molar-refractivity contribution >= 4 is 6.09 Å². The van der Waals surface area contributed by atoms with Crippen LogP contribution in [0.4, 0.5) is 4.79 Å². The van der Waals surface area contributed by atoms with Crippen LogP contribution in [0.3, 0.4) is 0 Å². The van der Waals surface area contributed by atoms with Gasteiger partial charge in [-0.2, -0.15) is 0 Å². The zero-order valence-electron chi connectivity index (χ0n) is 31.9. The summed E-state index contributed by atoms with van der Waals surface area (Å²) in [5, 5.41) is 2.76. The lowest BCUT2D eigenvalue weighted by Gasteiger charge is -2.14. The van der Waals surface area contributed by atoms with Crippen LogP contribution >= 0.6 is 0 Å². The fourth-order valence-electron chi connectivity index (χ4n) is 6.61. The Balaban J connectivity index is 0.965. The fourth-order valence-corrected chi connectivity index (χ4v) is 6.61. The summed E-state index contributed by atoms with van der Waals surface area (Å²) >= 11 is 0. The van der Waals surface area contributed by atoms with E-state index in [4.69, 9.17) is 28.4 Å². The van der Waals surface area contributed by atoms with E-state index in [1.807, 2.05) is 24.3 Å². The van der Waals surface area contributed by atoms with Crippen molar-refractivity contribution in [2.75, 3.05) is 79.2 Å². The number of carbonyl (C=O) groups excluding carboxylic acids is 1. The highest BCUT2D eigenvalue weighted by atomic mass is 16.6. The van der Waals surface area contributed by atoms with E-state index in [0.717, 1.165) is 13.0 Å². The minimum absolute atomic E-state index is 0.0517. The molecule has 0 aromatic heterocycles. The summed E-state index contributed by atoms with van der Waals surface area (Å²) in [5.74, 6) is 0.0517. The first-order valence-electron chi connectivity index (χ1n) is 20.3. The summed E-state index contributed by atoms with van der Waals surface area (Å²) in [6.45, 7) is 8.48. The summed E-state index contributed by atoms with van der Waals surface area (Å²) in [5.41, 5.74) is 4.82. The van der Waals surface area contributed by atoms with Gasteiger partial charge < -0.3 is 33.7 Å². The van der Waals surface area contributed by atoms with Crippen LogP contribution in [0.5, 0.6) is 0 Å². The molecule has 288 valence electrons. The molecule has 1 aliphatic carbocycles. The van der Waals surface area contributed by atoms with Crippen molar-refractivity contribution < 1.29 is 33.2 Å². The molecule has 1 amide bonds. The van der Waals surface area contributed by atoms with Crippen LogP contribution in [-0.4, -0.2) is 85.3 Å². The molecule has 8 nitrogen and oxygen atoms in total. The Labute approximate surface area is 309 Å². The van der Waals surface area contributed by atoms with E-state index < -0.39 is 6.09 Å². The van der Waals surface area contributed by atoms with Gasteiger partial charge in [0.2, 0.25) is 0 Å². The van der Waals surface area contributed by atoms with Crippen LogP contribution in [0.25, 0.3) is 11.1 Å². The molecule has 0 fully saturated rings. The lowest BCUT2D eigenvalue weighted by Crippen LogP contribution is -2.29. The molecule has 0 radical (unpaired) electrons. The lowest BCUT2D eigenvalue weighted by molar-refractivity contribution is -0.0110. The van der Waals surface area contributed by atoms with E-state index in [1.54, 1.807) is 0 Å². The van der Waals surface area contributed by atoms with Gasteiger partial charge in [-0.3, -0.25) is 0 Å². The number of hydrogen-bond acceptors (Lipinski definition) is 7. The quantitative estimate of drug-likeness (QED) is 0.0724. The number of ether oxygens (including phenoxy) is 6. The molecule has 3 rings (SSSR count). The zero-order chi connectivity index (χ0) is 35.9. The standard InChI is InChI=1S/C43H69NO7/c1-2-3-4-5-6-7-8-9-10-11-12-13-14-15-16-21-27-46-29-31-48-33-35-50-36-34-49-32-30-47-28-26-44-43(45)51-37-42-40-24-19-17-22-38(40)39-23-18-20-25-41(39)42/h17-20,22-25,42H,2-16,21,26-37H2,1H3,(H,44,45). The summed E-state index contributed by atoms with van der Waals surface area (Å²) in [6, 6.07) is 16.6. The maximum absolute atomic E-state index is 12.2. The van der Waals surface area contributed by atoms with Crippen molar-refractivity contribution in [3.63, 3.8) is 0 Å². The van der Waals surface area contributed by atoms with Crippen LogP contribution in [0.2, 0.25) is 0 Å². The number of unbranched alkanes of at least 4 members (excludes halogenated alkanes) is 15. The molecule has 51 heavy (non-hydrogen) atoms. The number of carbonyl (C=O) groups is 1. The second-order valence-corrected chi connectivity index (χ2v) is 13.6. The van der Waals surface area contributed by atoms with Gasteiger partial charge in [-0.05, 0) is 28.7 Å². The zero-order valence-corrected chi connectivity index (χ0v) is 31.9. The number of nitrogens with one attached hydrogen (secondary N) is 1. The third kappa shape index (κ3) is 19.8. The Bertz CT molecular complexity index is 1080. The lowest BCUT2D eigenvalue weighted by atomic mass is 9.98. The summed E-state index contributed by atoms with van der Waals surface area (Å²) < 4.78 is 33.5. The monoisotopic (exact) mass is 712 g/mol.